The number of esters is 1. The summed E-state index contributed by atoms with van der Waals surface area (Å²) in [6.07, 6.45) is 4.38. The minimum atomic E-state index is -0.461. The van der Waals surface area contributed by atoms with E-state index in [9.17, 15) is 9.59 Å². The van der Waals surface area contributed by atoms with E-state index in [1.807, 2.05) is 60.7 Å². The second-order valence-corrected chi connectivity index (χ2v) is 7.91. The fourth-order valence-corrected chi connectivity index (χ4v) is 4.03. The van der Waals surface area contributed by atoms with Gasteiger partial charge in [0.1, 0.15) is 0 Å². The SMILES string of the molecule is COC(=O)/C=C/OC(CCCC(=O)[Se]c1ccccc1)c1ccccc1. The van der Waals surface area contributed by atoms with Crippen molar-refractivity contribution in [2.45, 2.75) is 25.4 Å². The maximum absolute atomic E-state index is 12.2. The van der Waals surface area contributed by atoms with Crippen molar-refractivity contribution in [1.29, 1.82) is 0 Å². The van der Waals surface area contributed by atoms with Crippen LogP contribution in [-0.4, -0.2) is 32.7 Å². The summed E-state index contributed by atoms with van der Waals surface area (Å²) in [7, 11) is 1.32. The Kier molecular flexibility index (Phi) is 8.67. The van der Waals surface area contributed by atoms with Gasteiger partial charge < -0.3 is 0 Å². The van der Waals surface area contributed by atoms with Crippen LogP contribution in [0.3, 0.4) is 0 Å². The van der Waals surface area contributed by atoms with Gasteiger partial charge in [-0.25, -0.2) is 0 Å². The summed E-state index contributed by atoms with van der Waals surface area (Å²) >= 11 is -0.144. The van der Waals surface area contributed by atoms with Gasteiger partial charge in [-0.15, -0.1) is 0 Å². The summed E-state index contributed by atoms with van der Waals surface area (Å²) in [6.45, 7) is 0. The molecule has 0 saturated carbocycles. The zero-order valence-electron chi connectivity index (χ0n) is 14.7. The Bertz CT molecular complexity index is 713. The van der Waals surface area contributed by atoms with E-state index in [-0.39, 0.29) is 25.7 Å². The average molecular weight is 417 g/mol. The molecule has 0 heterocycles. The van der Waals surface area contributed by atoms with E-state index in [0.29, 0.717) is 12.8 Å². The van der Waals surface area contributed by atoms with Gasteiger partial charge in [0.25, 0.3) is 0 Å². The molecule has 0 aromatic heterocycles. The second kappa shape index (κ2) is 11.3. The molecule has 0 N–H and O–H groups in total. The zero-order chi connectivity index (χ0) is 18.6. The van der Waals surface area contributed by atoms with Crippen LogP contribution in [0.15, 0.2) is 73.0 Å². The van der Waals surface area contributed by atoms with E-state index in [2.05, 4.69) is 4.74 Å². The van der Waals surface area contributed by atoms with Gasteiger partial charge in [0.05, 0.1) is 0 Å². The summed E-state index contributed by atoms with van der Waals surface area (Å²) < 4.78 is 11.6. The molecule has 26 heavy (non-hydrogen) atoms. The molecule has 0 bridgehead atoms. The van der Waals surface area contributed by atoms with Crippen LogP contribution in [0.5, 0.6) is 0 Å². The minimum absolute atomic E-state index is 0.144. The molecule has 0 aliphatic heterocycles. The van der Waals surface area contributed by atoms with Crippen LogP contribution in [-0.2, 0) is 19.1 Å². The van der Waals surface area contributed by atoms with Gasteiger partial charge in [-0.2, -0.15) is 0 Å². The topological polar surface area (TPSA) is 52.6 Å². The molecule has 2 aromatic carbocycles. The first-order chi connectivity index (χ1) is 12.7. The Balaban J connectivity index is 1.87. The van der Waals surface area contributed by atoms with E-state index >= 15 is 0 Å². The Morgan fingerprint density at radius 3 is 2.35 bits per heavy atom. The van der Waals surface area contributed by atoms with Crippen LogP contribution in [0.2, 0.25) is 0 Å². The molecular formula is C21H22O4Se. The van der Waals surface area contributed by atoms with Gasteiger partial charge in [-0.1, -0.05) is 0 Å². The van der Waals surface area contributed by atoms with Gasteiger partial charge in [0.15, 0.2) is 0 Å². The molecule has 0 spiro atoms. The predicted octanol–water partition coefficient (Wildman–Crippen LogP) is 3.16. The first kappa shape index (κ1) is 20.0. The van der Waals surface area contributed by atoms with Crippen molar-refractivity contribution in [2.75, 3.05) is 7.11 Å². The number of methoxy groups -OCH3 is 1. The van der Waals surface area contributed by atoms with Gasteiger partial charge in [-0.3, -0.25) is 0 Å². The molecule has 0 saturated heterocycles. The van der Waals surface area contributed by atoms with Crippen molar-refractivity contribution in [3.8, 4) is 0 Å². The number of rotatable bonds is 10. The summed E-state index contributed by atoms with van der Waals surface area (Å²) in [6, 6.07) is 19.6. The molecule has 1 unspecified atom stereocenters. The van der Waals surface area contributed by atoms with Crippen molar-refractivity contribution in [3.63, 3.8) is 0 Å². The molecule has 2 aromatic rings. The van der Waals surface area contributed by atoms with Gasteiger partial charge >= 0.3 is 160 Å². The normalized spacial score (nSPS) is 11.9. The Hall–Kier alpha value is -2.36. The maximum atomic E-state index is 12.2. The number of carbonyl (C=O) groups excluding carboxylic acids is 2. The summed E-state index contributed by atoms with van der Waals surface area (Å²) in [5.74, 6) is -0.461. The van der Waals surface area contributed by atoms with Gasteiger partial charge in [0.2, 0.25) is 0 Å². The Morgan fingerprint density at radius 1 is 1.04 bits per heavy atom. The summed E-state index contributed by atoms with van der Waals surface area (Å²) in [4.78, 5) is 23.4. The fourth-order valence-electron chi connectivity index (χ4n) is 2.34. The van der Waals surface area contributed by atoms with Crippen molar-refractivity contribution in [2.24, 2.45) is 0 Å². The molecule has 1 atom stereocenters. The van der Waals surface area contributed by atoms with Crippen molar-refractivity contribution >= 4 is 30.1 Å². The number of ether oxygens (including phenoxy) is 2. The van der Waals surface area contributed by atoms with Crippen molar-refractivity contribution < 1.29 is 19.1 Å². The zero-order valence-corrected chi connectivity index (χ0v) is 16.4. The molecule has 0 aliphatic carbocycles. The number of hydrogen-bond donors (Lipinski definition) is 0. The van der Waals surface area contributed by atoms with Crippen LogP contribution >= 0.6 is 0 Å². The third-order valence-corrected chi connectivity index (χ3v) is 5.61. The molecule has 5 heteroatoms. The van der Waals surface area contributed by atoms with Crippen LogP contribution in [0.1, 0.15) is 30.9 Å². The predicted molar refractivity (Wildman–Crippen MR) is 102 cm³/mol. The monoisotopic (exact) mass is 418 g/mol. The molecule has 0 aliphatic rings. The molecule has 136 valence electrons. The molecule has 0 amide bonds. The van der Waals surface area contributed by atoms with E-state index in [1.54, 1.807) is 0 Å². The average Bonchev–Trinajstić information content (AvgIpc) is 2.68. The van der Waals surface area contributed by atoms with Crippen LogP contribution < -0.4 is 4.46 Å². The third-order valence-electron chi connectivity index (χ3n) is 3.64. The molecular weight excluding hydrogens is 395 g/mol. The summed E-state index contributed by atoms with van der Waals surface area (Å²) in [5.41, 5.74) is 1.02. The van der Waals surface area contributed by atoms with Crippen LogP contribution in [0.25, 0.3) is 0 Å². The van der Waals surface area contributed by atoms with E-state index in [0.717, 1.165) is 16.4 Å². The summed E-state index contributed by atoms with van der Waals surface area (Å²) in [5, 5.41) is 0. The second-order valence-electron chi connectivity index (χ2n) is 5.54. The van der Waals surface area contributed by atoms with Gasteiger partial charge in [-0.05, 0) is 0 Å². The Morgan fingerprint density at radius 2 is 1.69 bits per heavy atom. The quantitative estimate of drug-likeness (QED) is 0.258. The van der Waals surface area contributed by atoms with E-state index in [1.165, 1.54) is 19.4 Å². The number of hydrogen-bond acceptors (Lipinski definition) is 4. The molecule has 0 radical (unpaired) electrons. The molecule has 4 nitrogen and oxygen atoms in total. The van der Waals surface area contributed by atoms with E-state index in [4.69, 9.17) is 4.74 Å². The first-order valence-electron chi connectivity index (χ1n) is 8.39. The van der Waals surface area contributed by atoms with Crippen molar-refractivity contribution in [3.05, 3.63) is 78.6 Å². The number of carbonyl (C=O) groups is 2. The van der Waals surface area contributed by atoms with Crippen LogP contribution in [0.4, 0.5) is 0 Å². The standard InChI is InChI=1S/C21H22O4Se/c1-24-20(22)15-16-25-19(17-9-4-2-5-10-17)13-8-14-21(23)26-18-11-6-3-7-12-18/h2-7,9-12,15-16,19H,8,13-14H2,1H3/b16-15+. The first-order valence-corrected chi connectivity index (χ1v) is 10.1. The van der Waals surface area contributed by atoms with E-state index < -0.39 is 5.97 Å². The molecule has 2 rings (SSSR count). The number of benzene rings is 2. The third kappa shape index (κ3) is 7.26. The van der Waals surface area contributed by atoms with Crippen molar-refractivity contribution in [1.82, 2.24) is 0 Å². The van der Waals surface area contributed by atoms with Gasteiger partial charge in [0, 0.05) is 0 Å². The Labute approximate surface area is 160 Å². The fraction of sp³-hybridized carbons (Fsp3) is 0.238. The van der Waals surface area contributed by atoms with Crippen LogP contribution in [0, 0.1) is 0 Å². The molecule has 0 fully saturated rings.